The Morgan fingerprint density at radius 2 is 1.60 bits per heavy atom. The third-order valence-electron chi connectivity index (χ3n) is 6.19. The number of rotatable bonds is 8. The monoisotopic (exact) mass is 575 g/mol. The van der Waals surface area contributed by atoms with Crippen molar-refractivity contribution in [2.24, 2.45) is 0 Å². The molecule has 2 aromatic heterocycles. The Hall–Kier alpha value is -5.32. The van der Waals surface area contributed by atoms with Crippen molar-refractivity contribution in [1.82, 2.24) is 9.55 Å². The van der Waals surface area contributed by atoms with Gasteiger partial charge < -0.3 is 24.5 Å². The fraction of sp³-hybridized carbons (Fsp3) is 0.129. The van der Waals surface area contributed by atoms with Crippen molar-refractivity contribution in [3.8, 4) is 22.9 Å². The molecule has 3 aromatic carbocycles. The highest BCUT2D eigenvalue weighted by atomic mass is 19.4. The summed E-state index contributed by atoms with van der Waals surface area (Å²) in [7, 11) is 0. The maximum atomic E-state index is 13.1. The SMILES string of the molecule is CC(C)Oc1ccc(-n2c(C(=O)O)c(NC(=O)c3cccnc3)c3cc(Oc4ccc(C(F)(F)F)cc4)ccc32)cc1. The van der Waals surface area contributed by atoms with Gasteiger partial charge in [0, 0.05) is 23.5 Å². The van der Waals surface area contributed by atoms with Gasteiger partial charge in [0.2, 0.25) is 0 Å². The zero-order valence-electron chi connectivity index (χ0n) is 22.3. The fourth-order valence-electron chi connectivity index (χ4n) is 4.41. The molecule has 0 spiro atoms. The van der Waals surface area contributed by atoms with E-state index >= 15 is 0 Å². The Kier molecular flexibility index (Phi) is 7.58. The van der Waals surface area contributed by atoms with E-state index < -0.39 is 23.6 Å². The maximum absolute atomic E-state index is 13.1. The van der Waals surface area contributed by atoms with Crippen LogP contribution in [0.4, 0.5) is 18.9 Å². The van der Waals surface area contributed by atoms with E-state index in [2.05, 4.69) is 10.3 Å². The van der Waals surface area contributed by atoms with Gasteiger partial charge >= 0.3 is 12.1 Å². The first-order valence-electron chi connectivity index (χ1n) is 12.8. The Bertz CT molecular complexity index is 1750. The molecule has 42 heavy (non-hydrogen) atoms. The van der Waals surface area contributed by atoms with Crippen LogP contribution in [-0.4, -0.2) is 32.6 Å². The first-order valence-corrected chi connectivity index (χ1v) is 12.8. The van der Waals surface area contributed by atoms with Gasteiger partial charge in [0.1, 0.15) is 17.2 Å². The molecule has 2 N–H and O–H groups in total. The number of fused-ring (bicyclic) bond motifs is 1. The molecule has 5 rings (SSSR count). The predicted molar refractivity (Wildman–Crippen MR) is 150 cm³/mol. The first-order chi connectivity index (χ1) is 20.0. The molecule has 214 valence electrons. The minimum Gasteiger partial charge on any atom is -0.491 e. The average Bonchev–Trinajstić information content (AvgIpc) is 3.27. The van der Waals surface area contributed by atoms with Crippen LogP contribution in [-0.2, 0) is 6.18 Å². The van der Waals surface area contributed by atoms with Crippen molar-refractivity contribution in [3.63, 3.8) is 0 Å². The van der Waals surface area contributed by atoms with Crippen molar-refractivity contribution in [1.29, 1.82) is 0 Å². The van der Waals surface area contributed by atoms with Gasteiger partial charge in [-0.15, -0.1) is 0 Å². The van der Waals surface area contributed by atoms with Crippen LogP contribution in [0, 0.1) is 0 Å². The summed E-state index contributed by atoms with van der Waals surface area (Å²) in [6, 6.07) is 18.8. The zero-order chi connectivity index (χ0) is 30.0. The number of aromatic carboxylic acids is 1. The smallest absolute Gasteiger partial charge is 0.416 e. The van der Waals surface area contributed by atoms with E-state index in [9.17, 15) is 27.9 Å². The molecule has 0 unspecified atom stereocenters. The number of nitrogens with one attached hydrogen (secondary N) is 1. The van der Waals surface area contributed by atoms with Crippen LogP contribution in [0.2, 0.25) is 0 Å². The number of amides is 1. The molecular weight excluding hydrogens is 551 g/mol. The zero-order valence-corrected chi connectivity index (χ0v) is 22.3. The molecule has 0 bridgehead atoms. The number of carboxylic acids is 1. The minimum absolute atomic E-state index is 0.00623. The second-order valence-electron chi connectivity index (χ2n) is 9.52. The summed E-state index contributed by atoms with van der Waals surface area (Å²) < 4.78 is 51.9. The molecule has 11 heteroatoms. The first kappa shape index (κ1) is 28.2. The molecule has 0 radical (unpaired) electrons. The molecular formula is C31H24F3N3O5. The van der Waals surface area contributed by atoms with Gasteiger partial charge in [-0.25, -0.2) is 4.79 Å². The molecule has 0 aliphatic heterocycles. The Morgan fingerprint density at radius 1 is 0.929 bits per heavy atom. The largest absolute Gasteiger partial charge is 0.491 e. The highest BCUT2D eigenvalue weighted by molar-refractivity contribution is 6.15. The lowest BCUT2D eigenvalue weighted by Crippen LogP contribution is -2.16. The summed E-state index contributed by atoms with van der Waals surface area (Å²) in [4.78, 5) is 29.7. The van der Waals surface area contributed by atoms with Crippen LogP contribution < -0.4 is 14.8 Å². The molecule has 0 aliphatic rings. The van der Waals surface area contributed by atoms with E-state index in [0.717, 1.165) is 12.1 Å². The summed E-state index contributed by atoms with van der Waals surface area (Å²) in [6.45, 7) is 3.77. The Labute approximate surface area is 238 Å². The quantitative estimate of drug-likeness (QED) is 0.198. The van der Waals surface area contributed by atoms with E-state index in [1.165, 1.54) is 41.2 Å². The number of hydrogen-bond donors (Lipinski definition) is 2. The van der Waals surface area contributed by atoms with E-state index in [-0.39, 0.29) is 34.5 Å². The number of pyridine rings is 1. The second kappa shape index (κ2) is 11.3. The number of carbonyl (C=O) groups is 2. The van der Waals surface area contributed by atoms with Gasteiger partial charge in [-0.3, -0.25) is 9.78 Å². The topological polar surface area (TPSA) is 103 Å². The molecule has 5 aromatic rings. The summed E-state index contributed by atoms with van der Waals surface area (Å²) in [5.41, 5.74) is 0.108. The minimum atomic E-state index is -4.49. The van der Waals surface area contributed by atoms with Gasteiger partial charge in [0.25, 0.3) is 5.91 Å². The number of anilines is 1. The molecule has 8 nitrogen and oxygen atoms in total. The Morgan fingerprint density at radius 3 is 2.19 bits per heavy atom. The third-order valence-corrected chi connectivity index (χ3v) is 6.19. The number of carbonyl (C=O) groups excluding carboxylic acids is 1. The van der Waals surface area contributed by atoms with E-state index in [4.69, 9.17) is 9.47 Å². The van der Waals surface area contributed by atoms with Crippen LogP contribution in [0.3, 0.4) is 0 Å². The maximum Gasteiger partial charge on any atom is 0.416 e. The van der Waals surface area contributed by atoms with E-state index in [1.54, 1.807) is 42.5 Å². The van der Waals surface area contributed by atoms with Crippen molar-refractivity contribution >= 4 is 28.5 Å². The van der Waals surface area contributed by atoms with E-state index in [1.807, 2.05) is 13.8 Å². The number of aromatic nitrogens is 2. The highest BCUT2D eigenvalue weighted by Gasteiger charge is 2.30. The van der Waals surface area contributed by atoms with Crippen molar-refractivity contribution in [2.75, 3.05) is 5.32 Å². The molecule has 0 atom stereocenters. The molecule has 0 fully saturated rings. The second-order valence-corrected chi connectivity index (χ2v) is 9.52. The lowest BCUT2D eigenvalue weighted by molar-refractivity contribution is -0.137. The molecule has 0 saturated carbocycles. The number of nitrogens with zero attached hydrogens (tertiary/aromatic N) is 2. The average molecular weight is 576 g/mol. The normalized spacial score (nSPS) is 11.5. The number of benzene rings is 3. The van der Waals surface area contributed by atoms with Gasteiger partial charge in [-0.1, -0.05) is 0 Å². The predicted octanol–water partition coefficient (Wildman–Crippen LogP) is 7.57. The van der Waals surface area contributed by atoms with Crippen molar-refractivity contribution in [2.45, 2.75) is 26.1 Å². The van der Waals surface area contributed by atoms with Gasteiger partial charge in [-0.2, -0.15) is 13.2 Å². The van der Waals surface area contributed by atoms with Crippen LogP contribution in [0.15, 0.2) is 91.3 Å². The van der Waals surface area contributed by atoms with Crippen LogP contribution in [0.1, 0.15) is 40.3 Å². The third kappa shape index (κ3) is 5.90. The number of carboxylic acid groups (broad SMARTS) is 1. The number of halogens is 3. The van der Waals surface area contributed by atoms with Gasteiger partial charge in [0.05, 0.1) is 28.4 Å². The molecule has 0 aliphatic carbocycles. The van der Waals surface area contributed by atoms with E-state index in [0.29, 0.717) is 22.3 Å². The lowest BCUT2D eigenvalue weighted by atomic mass is 10.2. The summed E-state index contributed by atoms with van der Waals surface area (Å²) in [6.07, 6.45) is -1.70. The Balaban J connectivity index is 1.62. The molecule has 2 heterocycles. The molecule has 1 amide bonds. The molecule has 0 saturated heterocycles. The summed E-state index contributed by atoms with van der Waals surface area (Å²) >= 11 is 0. The number of hydrogen-bond acceptors (Lipinski definition) is 5. The fourth-order valence-corrected chi connectivity index (χ4v) is 4.41. The number of alkyl halides is 3. The van der Waals surface area contributed by atoms with Crippen LogP contribution in [0.25, 0.3) is 16.6 Å². The summed E-state index contributed by atoms with van der Waals surface area (Å²) in [5, 5.41) is 13.4. The summed E-state index contributed by atoms with van der Waals surface area (Å²) in [5.74, 6) is -0.935. The highest BCUT2D eigenvalue weighted by Crippen LogP contribution is 2.38. The van der Waals surface area contributed by atoms with Gasteiger partial charge in [-0.05, 0) is 92.7 Å². The lowest BCUT2D eigenvalue weighted by Gasteiger charge is -2.13. The van der Waals surface area contributed by atoms with Crippen molar-refractivity contribution in [3.05, 3.63) is 108 Å². The van der Waals surface area contributed by atoms with Crippen LogP contribution in [0.5, 0.6) is 17.2 Å². The van der Waals surface area contributed by atoms with Crippen molar-refractivity contribution < 1.29 is 37.3 Å². The van der Waals surface area contributed by atoms with Gasteiger partial charge in [0.15, 0.2) is 5.69 Å². The number of ether oxygens (including phenoxy) is 2. The van der Waals surface area contributed by atoms with Crippen LogP contribution >= 0.6 is 0 Å². The standard InChI is InChI=1S/C31H24F3N3O5/c1-18(2)41-22-11-7-21(8-12-22)37-26-14-13-24(42-23-9-5-20(6-10-23)31(32,33)34)16-25(26)27(28(37)30(39)40)36-29(38)19-4-3-15-35-17-19/h3-18H,1-2H3,(H,36,38)(H,39,40).